The summed E-state index contributed by atoms with van der Waals surface area (Å²) in [4.78, 5) is 36.1. The third kappa shape index (κ3) is 5.44. The molecule has 0 unspecified atom stereocenters. The number of hydrogen-bond donors (Lipinski definition) is 1. The van der Waals surface area contributed by atoms with Gasteiger partial charge in [-0.05, 0) is 32.4 Å². The van der Waals surface area contributed by atoms with E-state index >= 15 is 0 Å². The van der Waals surface area contributed by atoms with Crippen LogP contribution >= 0.6 is 0 Å². The number of ether oxygens (including phenoxy) is 3. The molecule has 7 heteroatoms. The fourth-order valence-electron chi connectivity index (χ4n) is 3.51. The number of carbonyl (C=O) groups is 3. The number of fused-ring (bicyclic) bond motifs is 1. The van der Waals surface area contributed by atoms with Gasteiger partial charge >= 0.3 is 17.9 Å². The van der Waals surface area contributed by atoms with Gasteiger partial charge in [0.1, 0.15) is 18.3 Å². The maximum Gasteiger partial charge on any atom is 0.336 e. The fourth-order valence-corrected chi connectivity index (χ4v) is 3.51. The van der Waals surface area contributed by atoms with Gasteiger partial charge in [-0.3, -0.25) is 4.79 Å². The van der Waals surface area contributed by atoms with E-state index in [4.69, 9.17) is 14.2 Å². The van der Waals surface area contributed by atoms with E-state index in [1.54, 1.807) is 19.9 Å². The Kier molecular flexibility index (Phi) is 7.56. The molecule has 0 aromatic carbocycles. The number of hydrogen-bond acceptors (Lipinski definition) is 7. The Morgan fingerprint density at radius 2 is 2.03 bits per heavy atom. The molecule has 0 spiro atoms. The Morgan fingerprint density at radius 1 is 1.34 bits per heavy atom. The molecule has 1 N–H and O–H groups in total. The lowest BCUT2D eigenvalue weighted by Crippen LogP contribution is -2.34. The summed E-state index contributed by atoms with van der Waals surface area (Å²) >= 11 is 0. The van der Waals surface area contributed by atoms with Crippen LogP contribution in [0.5, 0.6) is 0 Å². The first kappa shape index (κ1) is 22.6. The monoisotopic (exact) mass is 404 g/mol. The number of esters is 3. The van der Waals surface area contributed by atoms with Crippen molar-refractivity contribution in [3.8, 4) is 0 Å². The number of aliphatic hydroxyl groups is 1. The maximum atomic E-state index is 12.4. The predicted octanol–water partition coefficient (Wildman–Crippen LogP) is 2.55. The Balaban J connectivity index is 2.43. The van der Waals surface area contributed by atoms with Gasteiger partial charge in [0.05, 0.1) is 18.1 Å². The highest BCUT2D eigenvalue weighted by Gasteiger charge is 2.45. The van der Waals surface area contributed by atoms with Crippen LogP contribution in [0, 0.1) is 5.92 Å². The van der Waals surface area contributed by atoms with E-state index in [0.717, 1.165) is 11.1 Å². The van der Waals surface area contributed by atoms with E-state index in [-0.39, 0.29) is 11.1 Å². The number of carbonyl (C=O) groups excluding carboxylic acids is 3. The van der Waals surface area contributed by atoms with E-state index < -0.39 is 48.7 Å². The third-order valence-electron chi connectivity index (χ3n) is 5.15. The van der Waals surface area contributed by atoms with Crippen molar-refractivity contribution in [3.63, 3.8) is 0 Å². The van der Waals surface area contributed by atoms with E-state index in [9.17, 15) is 19.5 Å². The zero-order valence-corrected chi connectivity index (χ0v) is 17.3. The summed E-state index contributed by atoms with van der Waals surface area (Å²) in [7, 11) is 0. The molecule has 0 amide bonds. The van der Waals surface area contributed by atoms with Gasteiger partial charge in [0.15, 0.2) is 0 Å². The first-order valence-corrected chi connectivity index (χ1v) is 9.55. The first-order valence-electron chi connectivity index (χ1n) is 9.55. The summed E-state index contributed by atoms with van der Waals surface area (Å²) < 4.78 is 16.5. The average Bonchev–Trinajstić information content (AvgIpc) is 2.91. The molecule has 2 rings (SSSR count). The molecule has 2 aliphatic rings. The Hall–Kier alpha value is -2.67. The molecule has 0 radical (unpaired) electrons. The molecule has 158 valence electrons. The van der Waals surface area contributed by atoms with Crippen molar-refractivity contribution in [1.29, 1.82) is 0 Å². The number of rotatable bonds is 4. The largest absolute Gasteiger partial charge is 0.458 e. The van der Waals surface area contributed by atoms with Crippen molar-refractivity contribution in [1.82, 2.24) is 0 Å². The summed E-state index contributed by atoms with van der Waals surface area (Å²) in [5, 5.41) is 9.35. The SMILES string of the molecule is C=C1C(=O)O[C@H]2/C=C(/C)[C@@H](OC(C)=O)C/C=C(/C)C[C@@H](OC(=O)/C(=C/C)CO)[C@@H]12. The topological polar surface area (TPSA) is 99.1 Å². The summed E-state index contributed by atoms with van der Waals surface area (Å²) in [6.45, 7) is 10.1. The molecule has 1 heterocycles. The van der Waals surface area contributed by atoms with E-state index in [2.05, 4.69) is 6.58 Å². The number of allylic oxidation sites excluding steroid dienone is 1. The Labute approximate surface area is 170 Å². The van der Waals surface area contributed by atoms with Crippen LogP contribution in [-0.2, 0) is 28.6 Å². The highest BCUT2D eigenvalue weighted by atomic mass is 16.6. The minimum Gasteiger partial charge on any atom is -0.458 e. The molecule has 0 aromatic rings. The van der Waals surface area contributed by atoms with Crippen molar-refractivity contribution in [2.45, 2.75) is 58.8 Å². The van der Waals surface area contributed by atoms with E-state index in [1.165, 1.54) is 13.0 Å². The Bertz CT molecular complexity index is 787. The zero-order chi connectivity index (χ0) is 21.7. The second kappa shape index (κ2) is 9.69. The quantitative estimate of drug-likeness (QED) is 0.333. The molecule has 1 saturated heterocycles. The van der Waals surface area contributed by atoms with Crippen LogP contribution in [0.1, 0.15) is 40.5 Å². The third-order valence-corrected chi connectivity index (χ3v) is 5.15. The molecular formula is C22H28O7. The minimum absolute atomic E-state index is 0.137. The van der Waals surface area contributed by atoms with Gasteiger partial charge in [-0.15, -0.1) is 0 Å². The average molecular weight is 404 g/mol. The van der Waals surface area contributed by atoms with Crippen LogP contribution in [0.25, 0.3) is 0 Å². The predicted molar refractivity (Wildman–Crippen MR) is 106 cm³/mol. The number of aliphatic hydroxyl groups excluding tert-OH is 1. The standard InChI is InChI=1S/C22H28O7/c1-6-16(11-23)22(26)29-18-9-12(2)7-8-17(27-15(5)24)13(3)10-19-20(18)14(4)21(25)28-19/h6-7,10,17-20,23H,4,8-9,11H2,1-3,5H3/b12-7-,13-10-,16-6+/t17-,18+,19-,20+/m0/s1. The summed E-state index contributed by atoms with van der Waals surface area (Å²) in [6, 6.07) is 0. The van der Waals surface area contributed by atoms with Crippen LogP contribution in [0.15, 0.2) is 47.1 Å². The molecule has 0 aromatic heterocycles. The van der Waals surface area contributed by atoms with Crippen LogP contribution in [-0.4, -0.2) is 47.9 Å². The van der Waals surface area contributed by atoms with Crippen molar-refractivity contribution >= 4 is 17.9 Å². The molecule has 1 fully saturated rings. The highest BCUT2D eigenvalue weighted by Crippen LogP contribution is 2.36. The van der Waals surface area contributed by atoms with Gasteiger partial charge in [0.25, 0.3) is 0 Å². The summed E-state index contributed by atoms with van der Waals surface area (Å²) in [6.07, 6.45) is 4.09. The van der Waals surface area contributed by atoms with Gasteiger partial charge in [-0.25, -0.2) is 9.59 Å². The van der Waals surface area contributed by atoms with Crippen molar-refractivity contribution in [2.24, 2.45) is 5.92 Å². The van der Waals surface area contributed by atoms with Crippen LogP contribution in [0.3, 0.4) is 0 Å². The second-order valence-corrected chi connectivity index (χ2v) is 7.34. The maximum absolute atomic E-state index is 12.4. The molecule has 1 aliphatic carbocycles. The molecule has 1 aliphatic heterocycles. The second-order valence-electron chi connectivity index (χ2n) is 7.34. The van der Waals surface area contributed by atoms with Crippen LogP contribution < -0.4 is 0 Å². The molecule has 0 saturated carbocycles. The molecule has 29 heavy (non-hydrogen) atoms. The van der Waals surface area contributed by atoms with E-state index in [1.807, 2.05) is 13.0 Å². The molecule has 7 nitrogen and oxygen atoms in total. The van der Waals surface area contributed by atoms with Crippen molar-refractivity contribution < 1.29 is 33.7 Å². The van der Waals surface area contributed by atoms with Gasteiger partial charge in [0, 0.05) is 25.3 Å². The Morgan fingerprint density at radius 3 is 2.62 bits per heavy atom. The highest BCUT2D eigenvalue weighted by molar-refractivity contribution is 5.92. The molecular weight excluding hydrogens is 376 g/mol. The smallest absolute Gasteiger partial charge is 0.336 e. The zero-order valence-electron chi connectivity index (χ0n) is 17.3. The van der Waals surface area contributed by atoms with Gasteiger partial charge in [-0.1, -0.05) is 24.3 Å². The van der Waals surface area contributed by atoms with Crippen LogP contribution in [0.2, 0.25) is 0 Å². The van der Waals surface area contributed by atoms with Gasteiger partial charge in [0.2, 0.25) is 0 Å². The van der Waals surface area contributed by atoms with Gasteiger partial charge in [-0.2, -0.15) is 0 Å². The van der Waals surface area contributed by atoms with Crippen LogP contribution in [0.4, 0.5) is 0 Å². The lowest BCUT2D eigenvalue weighted by atomic mass is 9.85. The summed E-state index contributed by atoms with van der Waals surface area (Å²) in [5.74, 6) is -2.18. The molecule has 4 atom stereocenters. The lowest BCUT2D eigenvalue weighted by molar-refractivity contribution is -0.148. The summed E-state index contributed by atoms with van der Waals surface area (Å²) in [5.41, 5.74) is 2.00. The lowest BCUT2D eigenvalue weighted by Gasteiger charge is -2.28. The minimum atomic E-state index is -0.696. The van der Waals surface area contributed by atoms with Crippen molar-refractivity contribution in [2.75, 3.05) is 6.61 Å². The normalized spacial score (nSPS) is 31.6. The van der Waals surface area contributed by atoms with Crippen molar-refractivity contribution in [3.05, 3.63) is 47.1 Å². The van der Waals surface area contributed by atoms with E-state index in [0.29, 0.717) is 12.8 Å². The molecule has 0 bridgehead atoms. The van der Waals surface area contributed by atoms with Gasteiger partial charge < -0.3 is 19.3 Å². The first-order chi connectivity index (χ1) is 13.7. The fraction of sp³-hybridized carbons (Fsp3) is 0.500.